The van der Waals surface area contributed by atoms with Gasteiger partial charge in [0, 0.05) is 24.5 Å². The molecule has 1 aliphatic heterocycles. The Morgan fingerprint density at radius 2 is 1.70 bits per heavy atom. The van der Waals surface area contributed by atoms with Gasteiger partial charge in [0.2, 0.25) is 5.91 Å². The van der Waals surface area contributed by atoms with E-state index in [0.717, 1.165) is 37.9 Å². The molecule has 1 heterocycles. The minimum Gasteiger partial charge on any atom is -0.341 e. The van der Waals surface area contributed by atoms with Crippen molar-refractivity contribution in [2.75, 3.05) is 13.1 Å². The van der Waals surface area contributed by atoms with E-state index in [1.165, 1.54) is 6.07 Å². The first-order chi connectivity index (χ1) is 13.0. The number of piperidine rings is 1. The first-order valence-corrected chi connectivity index (χ1v) is 9.89. The lowest BCUT2D eigenvalue weighted by Gasteiger charge is -2.31. The number of carbonyl (C=O) groups is 2. The van der Waals surface area contributed by atoms with E-state index in [4.69, 9.17) is 23.2 Å². The van der Waals surface area contributed by atoms with Crippen LogP contribution in [0.15, 0.2) is 48.5 Å². The van der Waals surface area contributed by atoms with Crippen LogP contribution in [0, 0.1) is 0 Å². The zero-order valence-electron chi connectivity index (χ0n) is 15.0. The third-order valence-corrected chi connectivity index (χ3v) is 5.28. The van der Waals surface area contributed by atoms with Crippen LogP contribution in [0.3, 0.4) is 0 Å². The first kappa shape index (κ1) is 19.7. The maximum Gasteiger partial charge on any atom is 0.253 e. The molecule has 1 atom stereocenters. The van der Waals surface area contributed by atoms with Gasteiger partial charge in [-0.2, -0.15) is 0 Å². The number of nitrogens with one attached hydrogen (secondary N) is 1. The van der Waals surface area contributed by atoms with E-state index < -0.39 is 6.04 Å². The predicted molar refractivity (Wildman–Crippen MR) is 108 cm³/mol. The molecule has 1 N–H and O–H groups in total. The van der Waals surface area contributed by atoms with Gasteiger partial charge in [-0.25, -0.2) is 0 Å². The summed E-state index contributed by atoms with van der Waals surface area (Å²) in [5, 5.41) is 3.61. The fraction of sp³-hybridized carbons (Fsp3) is 0.333. The maximum absolute atomic E-state index is 13.1. The average Bonchev–Trinajstić information content (AvgIpc) is 2.68. The van der Waals surface area contributed by atoms with Gasteiger partial charge < -0.3 is 10.2 Å². The molecule has 0 unspecified atom stereocenters. The Bertz CT molecular complexity index is 805. The van der Waals surface area contributed by atoms with Crippen LogP contribution < -0.4 is 5.32 Å². The maximum atomic E-state index is 13.1. The minimum absolute atomic E-state index is 0.0445. The molecule has 2 amide bonds. The van der Waals surface area contributed by atoms with Gasteiger partial charge in [0.15, 0.2) is 0 Å². The summed E-state index contributed by atoms with van der Waals surface area (Å²) in [4.78, 5) is 27.7. The highest BCUT2D eigenvalue weighted by Gasteiger charge is 2.28. The van der Waals surface area contributed by atoms with Crippen molar-refractivity contribution in [3.8, 4) is 0 Å². The number of hydrogen-bond acceptors (Lipinski definition) is 2. The van der Waals surface area contributed by atoms with E-state index in [1.54, 1.807) is 12.1 Å². The van der Waals surface area contributed by atoms with Crippen LogP contribution >= 0.6 is 23.2 Å². The number of carbonyl (C=O) groups excluding carboxylic acids is 2. The number of hydrogen-bond donors (Lipinski definition) is 1. The monoisotopic (exact) mass is 404 g/mol. The van der Waals surface area contributed by atoms with Crippen molar-refractivity contribution in [2.45, 2.75) is 31.7 Å². The minimum atomic E-state index is -0.634. The number of halogens is 2. The first-order valence-electron chi connectivity index (χ1n) is 9.13. The second kappa shape index (κ2) is 9.25. The van der Waals surface area contributed by atoms with Crippen molar-refractivity contribution in [3.63, 3.8) is 0 Å². The molecule has 0 spiro atoms. The molecular weight excluding hydrogens is 383 g/mol. The van der Waals surface area contributed by atoms with Crippen molar-refractivity contribution < 1.29 is 9.59 Å². The Morgan fingerprint density at radius 1 is 1.00 bits per heavy atom. The Morgan fingerprint density at radius 3 is 2.37 bits per heavy atom. The Labute approximate surface area is 169 Å². The third kappa shape index (κ3) is 5.24. The molecule has 0 aliphatic carbocycles. The SMILES string of the molecule is O=C(N[C@H](Cc1ccccc1)C(=O)N1CCCCC1)c1ccc(Cl)cc1Cl. The van der Waals surface area contributed by atoms with E-state index in [1.807, 2.05) is 35.2 Å². The van der Waals surface area contributed by atoms with Crippen LogP contribution in [-0.2, 0) is 11.2 Å². The number of rotatable bonds is 5. The molecule has 0 bridgehead atoms. The number of amides is 2. The van der Waals surface area contributed by atoms with Crippen LogP contribution in [0.2, 0.25) is 10.0 Å². The van der Waals surface area contributed by atoms with Crippen molar-refractivity contribution in [3.05, 3.63) is 69.7 Å². The molecule has 1 fully saturated rings. The molecule has 0 saturated carbocycles. The van der Waals surface area contributed by atoms with Crippen LogP contribution in [0.4, 0.5) is 0 Å². The lowest BCUT2D eigenvalue weighted by Crippen LogP contribution is -2.51. The molecule has 27 heavy (non-hydrogen) atoms. The number of likely N-dealkylation sites (tertiary alicyclic amines) is 1. The Hall–Kier alpha value is -2.04. The summed E-state index contributed by atoms with van der Waals surface area (Å²) in [5.74, 6) is -0.417. The van der Waals surface area contributed by atoms with Crippen molar-refractivity contribution in [1.82, 2.24) is 10.2 Å². The molecule has 2 aromatic carbocycles. The summed E-state index contributed by atoms with van der Waals surface area (Å²) in [7, 11) is 0. The van der Waals surface area contributed by atoms with Crippen LogP contribution in [0.5, 0.6) is 0 Å². The largest absolute Gasteiger partial charge is 0.341 e. The van der Waals surface area contributed by atoms with E-state index in [0.29, 0.717) is 17.0 Å². The predicted octanol–water partition coefficient (Wildman–Crippen LogP) is 4.35. The van der Waals surface area contributed by atoms with Crippen molar-refractivity contribution in [1.29, 1.82) is 0 Å². The van der Waals surface area contributed by atoms with Gasteiger partial charge in [-0.15, -0.1) is 0 Å². The number of benzene rings is 2. The second-order valence-electron chi connectivity index (χ2n) is 6.73. The normalized spacial score (nSPS) is 15.3. The zero-order valence-corrected chi connectivity index (χ0v) is 16.5. The van der Waals surface area contributed by atoms with Gasteiger partial charge >= 0.3 is 0 Å². The molecule has 3 rings (SSSR count). The highest BCUT2D eigenvalue weighted by molar-refractivity contribution is 6.36. The molecule has 1 aliphatic rings. The molecule has 0 radical (unpaired) electrons. The standard InChI is InChI=1S/C21H22Cl2N2O2/c22-16-9-10-17(18(23)14-16)20(26)24-19(13-15-7-3-1-4-8-15)21(27)25-11-5-2-6-12-25/h1,3-4,7-10,14,19H,2,5-6,11-13H2,(H,24,26)/t19-/m1/s1. The van der Waals surface area contributed by atoms with E-state index in [2.05, 4.69) is 5.32 Å². The van der Waals surface area contributed by atoms with Crippen LogP contribution in [0.1, 0.15) is 35.2 Å². The highest BCUT2D eigenvalue weighted by atomic mass is 35.5. The van der Waals surface area contributed by atoms with Crippen molar-refractivity contribution in [2.24, 2.45) is 0 Å². The third-order valence-electron chi connectivity index (χ3n) is 4.73. The molecule has 4 nitrogen and oxygen atoms in total. The molecule has 1 saturated heterocycles. The molecular formula is C21H22Cl2N2O2. The molecule has 2 aromatic rings. The summed E-state index contributed by atoms with van der Waals surface area (Å²) in [6, 6.07) is 13.8. The van der Waals surface area contributed by atoms with Crippen LogP contribution in [0.25, 0.3) is 0 Å². The highest BCUT2D eigenvalue weighted by Crippen LogP contribution is 2.21. The van der Waals surface area contributed by atoms with Gasteiger partial charge in [-0.1, -0.05) is 53.5 Å². The Balaban J connectivity index is 1.79. The molecule has 0 aromatic heterocycles. The van der Waals surface area contributed by atoms with E-state index in [-0.39, 0.29) is 16.8 Å². The summed E-state index contributed by atoms with van der Waals surface area (Å²) in [6.07, 6.45) is 3.58. The fourth-order valence-electron chi connectivity index (χ4n) is 3.29. The summed E-state index contributed by atoms with van der Waals surface area (Å²) in [6.45, 7) is 1.48. The van der Waals surface area contributed by atoms with Gasteiger partial charge in [0.25, 0.3) is 5.91 Å². The molecule has 142 valence electrons. The zero-order chi connectivity index (χ0) is 19.2. The van der Waals surface area contributed by atoms with E-state index in [9.17, 15) is 9.59 Å². The van der Waals surface area contributed by atoms with E-state index >= 15 is 0 Å². The molecule has 6 heteroatoms. The summed E-state index contributed by atoms with van der Waals surface area (Å²) >= 11 is 12.1. The fourth-order valence-corrected chi connectivity index (χ4v) is 3.79. The summed E-state index contributed by atoms with van der Waals surface area (Å²) in [5.41, 5.74) is 1.31. The summed E-state index contributed by atoms with van der Waals surface area (Å²) < 4.78 is 0. The second-order valence-corrected chi connectivity index (χ2v) is 7.57. The topological polar surface area (TPSA) is 49.4 Å². The van der Waals surface area contributed by atoms with Gasteiger partial charge in [-0.05, 0) is 43.0 Å². The van der Waals surface area contributed by atoms with Crippen molar-refractivity contribution >= 4 is 35.0 Å². The lowest BCUT2D eigenvalue weighted by atomic mass is 10.0. The number of nitrogens with zero attached hydrogens (tertiary/aromatic N) is 1. The average molecular weight is 405 g/mol. The Kier molecular flexibility index (Phi) is 6.75. The van der Waals surface area contributed by atoms with Crippen LogP contribution in [-0.4, -0.2) is 35.8 Å². The van der Waals surface area contributed by atoms with Gasteiger partial charge in [0.05, 0.1) is 10.6 Å². The lowest BCUT2D eigenvalue weighted by molar-refractivity contribution is -0.134. The quantitative estimate of drug-likeness (QED) is 0.804. The van der Waals surface area contributed by atoms with Gasteiger partial charge in [-0.3, -0.25) is 9.59 Å². The smallest absolute Gasteiger partial charge is 0.253 e. The van der Waals surface area contributed by atoms with Gasteiger partial charge in [0.1, 0.15) is 6.04 Å².